The lowest BCUT2D eigenvalue weighted by atomic mass is 10.1. The number of halogens is 2. The summed E-state index contributed by atoms with van der Waals surface area (Å²) in [5.74, 6) is -0.860. The van der Waals surface area contributed by atoms with Gasteiger partial charge in [-0.2, -0.15) is 0 Å². The van der Waals surface area contributed by atoms with E-state index in [1.54, 1.807) is 12.1 Å². The summed E-state index contributed by atoms with van der Waals surface area (Å²) >= 11 is 11.5. The average Bonchev–Trinajstić information content (AvgIpc) is 2.47. The molecule has 6 heteroatoms. The van der Waals surface area contributed by atoms with Gasteiger partial charge in [-0.05, 0) is 48.7 Å². The smallest absolute Gasteiger partial charge is 0.320 e. The fourth-order valence-corrected chi connectivity index (χ4v) is 1.95. The molecule has 0 aliphatic heterocycles. The van der Waals surface area contributed by atoms with Gasteiger partial charge in [0.15, 0.2) is 0 Å². The zero-order valence-corrected chi connectivity index (χ0v) is 13.5. The highest BCUT2D eigenvalue weighted by atomic mass is 35.5. The van der Waals surface area contributed by atoms with Crippen LogP contribution in [0, 0.1) is 6.92 Å². The Hall–Kier alpha value is -1.75. The summed E-state index contributed by atoms with van der Waals surface area (Å²) in [4.78, 5) is 10.4. The predicted molar refractivity (Wildman–Crippen MR) is 88.6 cm³/mol. The number of carboxylic acid groups (broad SMARTS) is 1. The van der Waals surface area contributed by atoms with E-state index in [1.807, 2.05) is 25.1 Å². The molecule has 2 aromatic carbocycles. The van der Waals surface area contributed by atoms with Gasteiger partial charge in [-0.25, -0.2) is 0 Å². The first kappa shape index (κ1) is 18.3. The monoisotopic (exact) mass is 341 g/mol. The van der Waals surface area contributed by atoms with Crippen LogP contribution in [-0.4, -0.2) is 22.2 Å². The third-order valence-corrected chi connectivity index (χ3v) is 3.73. The van der Waals surface area contributed by atoms with E-state index < -0.39 is 12.0 Å². The Labute approximate surface area is 139 Å². The van der Waals surface area contributed by atoms with Gasteiger partial charge in [0.1, 0.15) is 11.8 Å². The molecule has 0 aliphatic rings. The molecule has 4 nitrogen and oxygen atoms in total. The topological polar surface area (TPSA) is 83.5 Å². The number of carbonyl (C=O) groups is 1. The minimum absolute atomic E-state index is 0.160. The Balaban J connectivity index is 0.000000235. The molecule has 2 rings (SSSR count). The van der Waals surface area contributed by atoms with E-state index in [9.17, 15) is 4.79 Å². The SMILES string of the molecule is Cc1c(Cl)cccc1Cl.NC(Cc1ccc(O)cc1)C(=O)O. The molecule has 0 amide bonds. The van der Waals surface area contributed by atoms with Crippen molar-refractivity contribution in [1.82, 2.24) is 0 Å². The molecule has 0 bridgehead atoms. The molecule has 0 aromatic heterocycles. The lowest BCUT2D eigenvalue weighted by molar-refractivity contribution is -0.138. The van der Waals surface area contributed by atoms with Crippen molar-refractivity contribution in [2.75, 3.05) is 0 Å². The number of hydrogen-bond acceptors (Lipinski definition) is 3. The summed E-state index contributed by atoms with van der Waals surface area (Å²) in [6, 6.07) is 10.9. The molecular weight excluding hydrogens is 325 g/mol. The number of carboxylic acids is 1. The molecule has 4 N–H and O–H groups in total. The summed E-state index contributed by atoms with van der Waals surface area (Å²) in [7, 11) is 0. The van der Waals surface area contributed by atoms with Crippen LogP contribution in [0.4, 0.5) is 0 Å². The highest BCUT2D eigenvalue weighted by Gasteiger charge is 2.11. The highest BCUT2D eigenvalue weighted by molar-refractivity contribution is 6.35. The fraction of sp³-hybridized carbons (Fsp3) is 0.188. The largest absolute Gasteiger partial charge is 0.508 e. The standard InChI is InChI=1S/C9H11NO3.C7H6Cl2/c10-8(9(12)13)5-6-1-3-7(11)4-2-6;1-5-6(8)3-2-4-7(5)9/h1-4,8,11H,5,10H2,(H,12,13);2-4H,1H3. The van der Waals surface area contributed by atoms with Gasteiger partial charge in [-0.15, -0.1) is 0 Å². The molecule has 0 spiro atoms. The Morgan fingerprint density at radius 1 is 1.14 bits per heavy atom. The third kappa shape index (κ3) is 5.93. The molecule has 22 heavy (non-hydrogen) atoms. The number of phenolic OH excluding ortho intramolecular Hbond substituents is 1. The fourth-order valence-electron chi connectivity index (χ4n) is 1.55. The number of benzene rings is 2. The Bertz CT molecular complexity index is 610. The number of rotatable bonds is 3. The van der Waals surface area contributed by atoms with Crippen molar-refractivity contribution < 1.29 is 15.0 Å². The van der Waals surface area contributed by atoms with Crippen LogP contribution in [0.3, 0.4) is 0 Å². The molecule has 118 valence electrons. The van der Waals surface area contributed by atoms with Crippen molar-refractivity contribution in [2.24, 2.45) is 5.73 Å². The minimum Gasteiger partial charge on any atom is -0.508 e. The molecule has 0 fully saturated rings. The summed E-state index contributed by atoms with van der Waals surface area (Å²) in [5.41, 5.74) is 7.07. The number of hydrogen-bond donors (Lipinski definition) is 3. The number of aliphatic carboxylic acids is 1. The maximum Gasteiger partial charge on any atom is 0.320 e. The van der Waals surface area contributed by atoms with Crippen molar-refractivity contribution in [3.05, 3.63) is 63.6 Å². The van der Waals surface area contributed by atoms with E-state index in [0.717, 1.165) is 21.2 Å². The van der Waals surface area contributed by atoms with Gasteiger partial charge in [0.05, 0.1) is 0 Å². The van der Waals surface area contributed by atoms with E-state index >= 15 is 0 Å². The van der Waals surface area contributed by atoms with Gasteiger partial charge < -0.3 is 15.9 Å². The van der Waals surface area contributed by atoms with Crippen molar-refractivity contribution in [3.63, 3.8) is 0 Å². The predicted octanol–water partition coefficient (Wildman–Crippen LogP) is 3.65. The van der Waals surface area contributed by atoms with Crippen molar-refractivity contribution >= 4 is 29.2 Å². The molecule has 0 aliphatic carbocycles. The van der Waals surface area contributed by atoms with Gasteiger partial charge in [-0.1, -0.05) is 41.4 Å². The second-order valence-corrected chi connectivity index (χ2v) is 5.48. The normalized spacial score (nSPS) is 11.3. The zero-order chi connectivity index (χ0) is 16.7. The summed E-state index contributed by atoms with van der Waals surface area (Å²) in [6.45, 7) is 1.89. The van der Waals surface area contributed by atoms with E-state index in [-0.39, 0.29) is 12.2 Å². The van der Waals surface area contributed by atoms with Crippen LogP contribution in [0.5, 0.6) is 5.75 Å². The number of phenols is 1. The van der Waals surface area contributed by atoms with Gasteiger partial charge >= 0.3 is 5.97 Å². The molecule has 1 unspecified atom stereocenters. The van der Waals surface area contributed by atoms with E-state index in [2.05, 4.69) is 0 Å². The van der Waals surface area contributed by atoms with Crippen molar-refractivity contribution in [3.8, 4) is 5.75 Å². The quantitative estimate of drug-likeness (QED) is 0.795. The summed E-state index contributed by atoms with van der Waals surface area (Å²) in [5, 5.41) is 18.9. The zero-order valence-electron chi connectivity index (χ0n) is 12.0. The van der Waals surface area contributed by atoms with Crippen molar-refractivity contribution in [2.45, 2.75) is 19.4 Å². The minimum atomic E-state index is -1.02. The first-order chi connectivity index (χ1) is 10.3. The van der Waals surface area contributed by atoms with Crippen LogP contribution in [0.1, 0.15) is 11.1 Å². The molecule has 0 saturated carbocycles. The van der Waals surface area contributed by atoms with Gasteiger partial charge in [0, 0.05) is 10.0 Å². The lowest BCUT2D eigenvalue weighted by Gasteiger charge is -2.05. The number of nitrogens with two attached hydrogens (primary N) is 1. The van der Waals surface area contributed by atoms with Crippen LogP contribution >= 0.6 is 23.2 Å². The average molecular weight is 342 g/mol. The first-order valence-electron chi connectivity index (χ1n) is 6.48. The molecule has 1 atom stereocenters. The first-order valence-corrected chi connectivity index (χ1v) is 7.23. The Morgan fingerprint density at radius 3 is 2.05 bits per heavy atom. The van der Waals surface area contributed by atoms with Crippen LogP contribution in [0.25, 0.3) is 0 Å². The van der Waals surface area contributed by atoms with Crippen LogP contribution in [-0.2, 0) is 11.2 Å². The summed E-state index contributed by atoms with van der Waals surface area (Å²) < 4.78 is 0. The Morgan fingerprint density at radius 2 is 1.64 bits per heavy atom. The molecule has 0 saturated heterocycles. The lowest BCUT2D eigenvalue weighted by Crippen LogP contribution is -2.32. The molecule has 0 radical (unpaired) electrons. The maximum atomic E-state index is 10.4. The maximum absolute atomic E-state index is 10.4. The van der Waals surface area contributed by atoms with Crippen molar-refractivity contribution in [1.29, 1.82) is 0 Å². The third-order valence-electron chi connectivity index (χ3n) is 2.91. The van der Waals surface area contributed by atoms with Gasteiger partial charge in [-0.3, -0.25) is 4.79 Å². The van der Waals surface area contributed by atoms with E-state index in [4.69, 9.17) is 39.1 Å². The summed E-state index contributed by atoms with van der Waals surface area (Å²) in [6.07, 6.45) is 0.273. The second kappa shape index (κ2) is 8.63. The van der Waals surface area contributed by atoms with Crippen LogP contribution in [0.2, 0.25) is 10.0 Å². The second-order valence-electron chi connectivity index (χ2n) is 4.66. The Kier molecular flexibility index (Phi) is 7.18. The van der Waals surface area contributed by atoms with Gasteiger partial charge in [0.25, 0.3) is 0 Å². The molecule has 2 aromatic rings. The van der Waals surface area contributed by atoms with Gasteiger partial charge in [0.2, 0.25) is 0 Å². The number of aromatic hydroxyl groups is 1. The van der Waals surface area contributed by atoms with E-state index in [0.29, 0.717) is 0 Å². The van der Waals surface area contributed by atoms with Crippen LogP contribution in [0.15, 0.2) is 42.5 Å². The van der Waals surface area contributed by atoms with Crippen LogP contribution < -0.4 is 5.73 Å². The molecular formula is C16H17Cl2NO3. The molecule has 0 heterocycles. The van der Waals surface area contributed by atoms with E-state index in [1.165, 1.54) is 12.1 Å². The highest BCUT2D eigenvalue weighted by Crippen LogP contribution is 2.22.